The van der Waals surface area contributed by atoms with Crippen molar-refractivity contribution in [1.29, 1.82) is 0 Å². The average molecular weight is 360 g/mol. The van der Waals surface area contributed by atoms with E-state index in [-0.39, 0.29) is 5.56 Å². The zero-order valence-electron chi connectivity index (χ0n) is 13.8. The summed E-state index contributed by atoms with van der Waals surface area (Å²) in [5, 5.41) is 0. The zero-order valence-corrected chi connectivity index (χ0v) is 13.8. The largest absolute Gasteiger partial charge is 0.467 e. The SMILES string of the molecule is C[C@H](c1ccco1)N(C(=O)c1ccc(C(F)(F)F)cc1)c1ccccn1. The molecule has 4 nitrogen and oxygen atoms in total. The molecule has 0 N–H and O–H groups in total. The number of benzene rings is 1. The van der Waals surface area contributed by atoms with Gasteiger partial charge in [-0.2, -0.15) is 13.2 Å². The first kappa shape index (κ1) is 17.7. The molecule has 7 heteroatoms. The lowest BCUT2D eigenvalue weighted by Crippen LogP contribution is -2.34. The van der Waals surface area contributed by atoms with Gasteiger partial charge in [-0.15, -0.1) is 0 Å². The second-order valence-corrected chi connectivity index (χ2v) is 5.63. The molecule has 0 saturated heterocycles. The van der Waals surface area contributed by atoms with Gasteiger partial charge >= 0.3 is 6.18 Å². The summed E-state index contributed by atoms with van der Waals surface area (Å²) in [5.41, 5.74) is -0.681. The van der Waals surface area contributed by atoms with E-state index < -0.39 is 23.7 Å². The van der Waals surface area contributed by atoms with E-state index in [1.165, 1.54) is 17.4 Å². The Bertz CT molecular complexity index is 860. The summed E-state index contributed by atoms with van der Waals surface area (Å²) in [7, 11) is 0. The van der Waals surface area contributed by atoms with E-state index in [4.69, 9.17) is 4.42 Å². The number of anilines is 1. The Kier molecular flexibility index (Phi) is 4.79. The molecule has 3 aromatic rings. The van der Waals surface area contributed by atoms with Gasteiger partial charge in [-0.1, -0.05) is 6.07 Å². The van der Waals surface area contributed by atoms with Gasteiger partial charge in [-0.25, -0.2) is 4.98 Å². The van der Waals surface area contributed by atoms with Crippen LogP contribution in [-0.2, 0) is 6.18 Å². The molecule has 2 heterocycles. The summed E-state index contributed by atoms with van der Waals surface area (Å²) in [6.45, 7) is 1.76. The van der Waals surface area contributed by atoms with Crippen molar-refractivity contribution in [2.24, 2.45) is 0 Å². The molecule has 3 rings (SSSR count). The molecule has 0 aliphatic carbocycles. The fraction of sp³-hybridized carbons (Fsp3) is 0.158. The highest BCUT2D eigenvalue weighted by Gasteiger charge is 2.31. The maximum atomic E-state index is 13.0. The fourth-order valence-corrected chi connectivity index (χ4v) is 2.57. The summed E-state index contributed by atoms with van der Waals surface area (Å²) in [6, 6.07) is 12.1. The van der Waals surface area contributed by atoms with Gasteiger partial charge in [0.2, 0.25) is 0 Å². The molecule has 1 amide bonds. The van der Waals surface area contributed by atoms with Crippen LogP contribution >= 0.6 is 0 Å². The predicted molar refractivity (Wildman–Crippen MR) is 89.6 cm³/mol. The van der Waals surface area contributed by atoms with Crippen LogP contribution in [0, 0.1) is 0 Å². The third-order valence-electron chi connectivity index (χ3n) is 3.92. The fourth-order valence-electron chi connectivity index (χ4n) is 2.57. The molecular weight excluding hydrogens is 345 g/mol. The van der Waals surface area contributed by atoms with Crippen LogP contribution in [0.5, 0.6) is 0 Å². The summed E-state index contributed by atoms with van der Waals surface area (Å²) in [6.07, 6.45) is -1.42. The maximum absolute atomic E-state index is 13.0. The van der Waals surface area contributed by atoms with Crippen molar-refractivity contribution in [3.05, 3.63) is 83.9 Å². The number of aromatic nitrogens is 1. The molecule has 0 bridgehead atoms. The summed E-state index contributed by atoms with van der Waals surface area (Å²) in [5.74, 6) is 0.443. The Morgan fingerprint density at radius 1 is 1.08 bits per heavy atom. The Hall–Kier alpha value is -3.09. The van der Waals surface area contributed by atoms with Crippen molar-refractivity contribution in [3.63, 3.8) is 0 Å². The van der Waals surface area contributed by atoms with Crippen molar-refractivity contribution >= 4 is 11.7 Å². The van der Waals surface area contributed by atoms with E-state index in [1.54, 1.807) is 37.3 Å². The molecule has 2 aromatic heterocycles. The number of amides is 1. The third-order valence-corrected chi connectivity index (χ3v) is 3.92. The van der Waals surface area contributed by atoms with Crippen LogP contribution in [0.1, 0.15) is 34.6 Å². The predicted octanol–water partition coefficient (Wildman–Crippen LogP) is 5.10. The van der Waals surface area contributed by atoms with Crippen LogP contribution in [0.25, 0.3) is 0 Å². The summed E-state index contributed by atoms with van der Waals surface area (Å²) in [4.78, 5) is 18.6. The number of hydrogen-bond acceptors (Lipinski definition) is 3. The molecule has 0 unspecified atom stereocenters. The molecule has 0 spiro atoms. The van der Waals surface area contributed by atoms with Crippen molar-refractivity contribution < 1.29 is 22.4 Å². The molecule has 0 aliphatic heterocycles. The minimum absolute atomic E-state index is 0.127. The van der Waals surface area contributed by atoms with E-state index in [0.29, 0.717) is 11.6 Å². The Labute approximate surface area is 147 Å². The van der Waals surface area contributed by atoms with E-state index in [9.17, 15) is 18.0 Å². The number of carbonyl (C=O) groups excluding carboxylic acids is 1. The van der Waals surface area contributed by atoms with E-state index >= 15 is 0 Å². The number of nitrogens with zero attached hydrogens (tertiary/aromatic N) is 2. The Morgan fingerprint density at radius 2 is 1.81 bits per heavy atom. The average Bonchev–Trinajstić information content (AvgIpc) is 3.17. The number of halogens is 3. The lowest BCUT2D eigenvalue weighted by Gasteiger charge is -2.27. The first-order valence-electron chi connectivity index (χ1n) is 7.83. The number of carbonyl (C=O) groups is 1. The van der Waals surface area contributed by atoms with Gasteiger partial charge < -0.3 is 4.42 Å². The van der Waals surface area contributed by atoms with Crippen LogP contribution in [0.15, 0.2) is 71.5 Å². The van der Waals surface area contributed by atoms with Crippen LogP contribution in [0.3, 0.4) is 0 Å². The Balaban J connectivity index is 1.97. The summed E-state index contributed by atoms with van der Waals surface area (Å²) < 4.78 is 43.6. The van der Waals surface area contributed by atoms with Gasteiger partial charge in [-0.3, -0.25) is 9.69 Å². The van der Waals surface area contributed by atoms with Gasteiger partial charge in [0.15, 0.2) is 0 Å². The molecule has 1 atom stereocenters. The van der Waals surface area contributed by atoms with Crippen LogP contribution in [0.4, 0.5) is 19.0 Å². The van der Waals surface area contributed by atoms with E-state index in [2.05, 4.69) is 4.98 Å². The molecule has 134 valence electrons. The number of rotatable bonds is 4. The molecule has 0 fully saturated rings. The molecule has 0 aliphatic rings. The summed E-state index contributed by atoms with van der Waals surface area (Å²) >= 11 is 0. The Morgan fingerprint density at radius 3 is 2.35 bits per heavy atom. The lowest BCUT2D eigenvalue weighted by atomic mass is 10.1. The van der Waals surface area contributed by atoms with E-state index in [1.807, 2.05) is 0 Å². The standard InChI is InChI=1S/C19H15F3N2O2/c1-13(16-5-4-12-26-16)24(17-6-2-3-11-23-17)18(25)14-7-9-15(10-8-14)19(20,21)22/h2-13H,1H3/t13-/m1/s1. The highest BCUT2D eigenvalue weighted by Crippen LogP contribution is 2.31. The molecule has 26 heavy (non-hydrogen) atoms. The molecular formula is C19H15F3N2O2. The van der Waals surface area contributed by atoms with Crippen LogP contribution in [-0.4, -0.2) is 10.9 Å². The second kappa shape index (κ2) is 7.03. The van der Waals surface area contributed by atoms with Crippen molar-refractivity contribution in [2.45, 2.75) is 19.1 Å². The minimum Gasteiger partial charge on any atom is -0.467 e. The second-order valence-electron chi connectivity index (χ2n) is 5.63. The lowest BCUT2D eigenvalue weighted by molar-refractivity contribution is -0.137. The minimum atomic E-state index is -4.45. The topological polar surface area (TPSA) is 46.3 Å². The maximum Gasteiger partial charge on any atom is 0.416 e. The normalized spacial score (nSPS) is 12.6. The van der Waals surface area contributed by atoms with Crippen LogP contribution < -0.4 is 4.90 Å². The van der Waals surface area contributed by atoms with Gasteiger partial charge in [-0.05, 0) is 55.5 Å². The quantitative estimate of drug-likeness (QED) is 0.650. The molecule has 1 aromatic carbocycles. The smallest absolute Gasteiger partial charge is 0.416 e. The molecule has 0 saturated carbocycles. The van der Waals surface area contributed by atoms with Gasteiger partial charge in [0.1, 0.15) is 11.6 Å². The van der Waals surface area contributed by atoms with Crippen molar-refractivity contribution in [1.82, 2.24) is 4.98 Å². The van der Waals surface area contributed by atoms with Crippen molar-refractivity contribution in [3.8, 4) is 0 Å². The van der Waals surface area contributed by atoms with Gasteiger partial charge in [0, 0.05) is 11.8 Å². The third kappa shape index (κ3) is 3.61. The monoisotopic (exact) mass is 360 g/mol. The number of alkyl halides is 3. The highest BCUT2D eigenvalue weighted by atomic mass is 19.4. The number of furan rings is 1. The number of hydrogen-bond donors (Lipinski definition) is 0. The van der Waals surface area contributed by atoms with E-state index in [0.717, 1.165) is 24.3 Å². The zero-order chi connectivity index (χ0) is 18.7. The van der Waals surface area contributed by atoms with Gasteiger partial charge in [0.25, 0.3) is 5.91 Å². The first-order valence-corrected chi connectivity index (χ1v) is 7.83. The molecule has 0 radical (unpaired) electrons. The van der Waals surface area contributed by atoms with Crippen molar-refractivity contribution in [2.75, 3.05) is 4.90 Å². The van der Waals surface area contributed by atoms with Gasteiger partial charge in [0.05, 0.1) is 17.9 Å². The van der Waals surface area contributed by atoms with Crippen LogP contribution in [0.2, 0.25) is 0 Å². The highest BCUT2D eigenvalue weighted by molar-refractivity contribution is 6.06. The number of pyridine rings is 1. The first-order chi connectivity index (χ1) is 12.4.